The van der Waals surface area contributed by atoms with E-state index < -0.39 is 10.0 Å². The number of thiophene rings is 1. The molecule has 0 aliphatic carbocycles. The van der Waals surface area contributed by atoms with E-state index in [1.807, 2.05) is 31.2 Å². The first-order valence-electron chi connectivity index (χ1n) is 9.58. The van der Waals surface area contributed by atoms with Crippen LogP contribution < -0.4 is 5.32 Å². The molecular weight excluding hydrogens is 426 g/mol. The van der Waals surface area contributed by atoms with Crippen LogP contribution in [-0.2, 0) is 10.0 Å². The number of aromatic nitrogens is 2. The number of halogens is 1. The Morgan fingerprint density at radius 2 is 2.14 bits per heavy atom. The average molecular weight is 446 g/mol. The van der Waals surface area contributed by atoms with Gasteiger partial charge in [0.1, 0.15) is 4.21 Å². The van der Waals surface area contributed by atoms with Crippen molar-refractivity contribution in [1.82, 2.24) is 14.3 Å². The van der Waals surface area contributed by atoms with Gasteiger partial charge in [-0.05, 0) is 79.1 Å². The van der Waals surface area contributed by atoms with Gasteiger partial charge in [0.15, 0.2) is 5.65 Å². The molecule has 1 unspecified atom stereocenters. The summed E-state index contributed by atoms with van der Waals surface area (Å²) in [5.41, 5.74) is 2.26. The normalized spacial score (nSPS) is 17.9. The largest absolute Gasteiger partial charge is 0.316 e. The fourth-order valence-corrected chi connectivity index (χ4v) is 7.51. The zero-order valence-electron chi connectivity index (χ0n) is 15.9. The summed E-state index contributed by atoms with van der Waals surface area (Å²) in [5, 5.41) is 5.81. The highest BCUT2D eigenvalue weighted by atomic mass is 35.5. The molecule has 5 nitrogen and oxygen atoms in total. The molecule has 29 heavy (non-hydrogen) atoms. The van der Waals surface area contributed by atoms with Gasteiger partial charge in [0.05, 0.1) is 0 Å². The van der Waals surface area contributed by atoms with Gasteiger partial charge in [-0.25, -0.2) is 8.96 Å². The Labute approximate surface area is 178 Å². The van der Waals surface area contributed by atoms with Crippen LogP contribution in [0, 0.1) is 6.92 Å². The molecule has 4 heterocycles. The minimum Gasteiger partial charge on any atom is -0.316 e. The predicted octanol–water partition coefficient (Wildman–Crippen LogP) is 4.92. The molecule has 1 N–H and O–H groups in total. The first kappa shape index (κ1) is 19.1. The fraction of sp³-hybridized carbons (Fsp3) is 0.286. The number of piperidine rings is 1. The standard InChI is InChI=1S/C21H20ClN3O2S2/c1-13-17-10-15(22)6-7-19(17)28-21(13)29(26,27)25-12-18(14-4-2-8-23-11-14)16-5-3-9-24-20(16)25/h3,5-7,9-10,12,14,23H,2,4,8,11H2,1H3. The molecule has 1 aliphatic rings. The first-order valence-corrected chi connectivity index (χ1v) is 12.2. The average Bonchev–Trinajstić information content (AvgIpc) is 3.28. The van der Waals surface area contributed by atoms with Gasteiger partial charge in [-0.15, -0.1) is 11.3 Å². The van der Waals surface area contributed by atoms with Gasteiger partial charge < -0.3 is 5.32 Å². The third-order valence-corrected chi connectivity index (χ3v) is 9.40. The number of aryl methyl sites for hydroxylation is 1. The third kappa shape index (κ3) is 3.08. The van der Waals surface area contributed by atoms with Crippen molar-refractivity contribution in [2.75, 3.05) is 13.1 Å². The van der Waals surface area contributed by atoms with Crippen molar-refractivity contribution in [1.29, 1.82) is 0 Å². The van der Waals surface area contributed by atoms with Crippen molar-refractivity contribution in [2.45, 2.75) is 29.9 Å². The summed E-state index contributed by atoms with van der Waals surface area (Å²) < 4.78 is 30.0. The molecule has 1 fully saturated rings. The van der Waals surface area contributed by atoms with Gasteiger partial charge >= 0.3 is 0 Å². The van der Waals surface area contributed by atoms with Crippen molar-refractivity contribution in [3.63, 3.8) is 0 Å². The maximum absolute atomic E-state index is 13.7. The fourth-order valence-electron chi connectivity index (χ4n) is 4.19. The first-order chi connectivity index (χ1) is 14.0. The van der Waals surface area contributed by atoms with Crippen LogP contribution in [0.2, 0.25) is 5.02 Å². The lowest BCUT2D eigenvalue weighted by Crippen LogP contribution is -2.28. The van der Waals surface area contributed by atoms with Crippen LogP contribution in [0.15, 0.2) is 46.9 Å². The number of benzene rings is 1. The third-order valence-electron chi connectivity index (χ3n) is 5.65. The highest BCUT2D eigenvalue weighted by Crippen LogP contribution is 2.39. The predicted molar refractivity (Wildman–Crippen MR) is 119 cm³/mol. The molecule has 1 aliphatic heterocycles. The van der Waals surface area contributed by atoms with Crippen molar-refractivity contribution < 1.29 is 8.42 Å². The summed E-state index contributed by atoms with van der Waals surface area (Å²) in [4.78, 5) is 4.43. The Morgan fingerprint density at radius 1 is 1.28 bits per heavy atom. The van der Waals surface area contributed by atoms with E-state index in [0.717, 1.165) is 52.5 Å². The lowest BCUT2D eigenvalue weighted by atomic mass is 9.92. The molecule has 0 bridgehead atoms. The molecule has 150 valence electrons. The summed E-state index contributed by atoms with van der Waals surface area (Å²) in [7, 11) is -3.78. The van der Waals surface area contributed by atoms with Crippen LogP contribution in [0.4, 0.5) is 0 Å². The number of hydrogen-bond donors (Lipinski definition) is 1. The van der Waals surface area contributed by atoms with Crippen molar-refractivity contribution >= 4 is 54.1 Å². The Hall–Kier alpha value is -1.93. The molecule has 1 atom stereocenters. The highest BCUT2D eigenvalue weighted by Gasteiger charge is 2.29. The monoisotopic (exact) mass is 445 g/mol. The quantitative estimate of drug-likeness (QED) is 0.486. The summed E-state index contributed by atoms with van der Waals surface area (Å²) >= 11 is 7.41. The maximum Gasteiger partial charge on any atom is 0.279 e. The minimum absolute atomic E-state index is 0.286. The number of pyridine rings is 1. The van der Waals surface area contributed by atoms with Crippen LogP contribution in [0.5, 0.6) is 0 Å². The lowest BCUT2D eigenvalue weighted by molar-refractivity contribution is 0.463. The lowest BCUT2D eigenvalue weighted by Gasteiger charge is -2.22. The summed E-state index contributed by atoms with van der Waals surface area (Å²) in [6, 6.07) is 9.32. The second-order valence-corrected chi connectivity index (χ2v) is 11.0. The number of fused-ring (bicyclic) bond motifs is 2. The van der Waals surface area contributed by atoms with E-state index in [9.17, 15) is 8.42 Å². The summed E-state index contributed by atoms with van der Waals surface area (Å²) in [6.07, 6.45) is 5.55. The molecule has 4 aromatic rings. The van der Waals surface area contributed by atoms with Crippen LogP contribution in [-0.4, -0.2) is 30.5 Å². The van der Waals surface area contributed by atoms with Crippen molar-refractivity contribution in [3.8, 4) is 0 Å². The molecule has 8 heteroatoms. The molecule has 0 amide bonds. The van der Waals surface area contributed by atoms with E-state index in [1.165, 1.54) is 15.3 Å². The zero-order valence-corrected chi connectivity index (χ0v) is 18.2. The molecule has 1 saturated heterocycles. The van der Waals surface area contributed by atoms with Gasteiger partial charge in [-0.3, -0.25) is 0 Å². The molecule has 0 saturated carbocycles. The Kier molecular flexibility index (Phi) is 4.66. The van der Waals surface area contributed by atoms with Gasteiger partial charge in [-0.1, -0.05) is 11.6 Å². The van der Waals surface area contributed by atoms with Crippen LogP contribution >= 0.6 is 22.9 Å². The van der Waals surface area contributed by atoms with Gasteiger partial charge in [0, 0.05) is 34.0 Å². The molecule has 1 aromatic carbocycles. The number of hydrogen-bond acceptors (Lipinski definition) is 5. The molecule has 0 radical (unpaired) electrons. The minimum atomic E-state index is -3.78. The SMILES string of the molecule is Cc1c(S(=O)(=O)n2cc(C3CCCNC3)c3cccnc32)sc2ccc(Cl)cc12. The van der Waals surface area contributed by atoms with E-state index in [-0.39, 0.29) is 5.92 Å². The van der Waals surface area contributed by atoms with Crippen molar-refractivity contribution in [3.05, 3.63) is 58.9 Å². The van der Waals surface area contributed by atoms with Crippen LogP contribution in [0.1, 0.15) is 29.9 Å². The number of nitrogens with zero attached hydrogens (tertiary/aromatic N) is 2. The number of rotatable bonds is 3. The Morgan fingerprint density at radius 3 is 2.93 bits per heavy atom. The zero-order chi connectivity index (χ0) is 20.2. The van der Waals surface area contributed by atoms with E-state index in [1.54, 1.807) is 18.5 Å². The van der Waals surface area contributed by atoms with Crippen LogP contribution in [0.3, 0.4) is 0 Å². The topological polar surface area (TPSA) is 64.0 Å². The van der Waals surface area contributed by atoms with Gasteiger partial charge in [-0.2, -0.15) is 8.42 Å². The Bertz CT molecular complexity index is 1330. The van der Waals surface area contributed by atoms with E-state index in [2.05, 4.69) is 10.3 Å². The number of nitrogens with one attached hydrogen (secondary N) is 1. The van der Waals surface area contributed by atoms with Crippen molar-refractivity contribution in [2.24, 2.45) is 0 Å². The Balaban J connectivity index is 1.72. The molecule has 3 aromatic heterocycles. The molecular formula is C21H20ClN3O2S2. The smallest absolute Gasteiger partial charge is 0.279 e. The van der Waals surface area contributed by atoms with Gasteiger partial charge in [0.2, 0.25) is 0 Å². The molecule has 5 rings (SSSR count). The second kappa shape index (κ2) is 7.09. The van der Waals surface area contributed by atoms with E-state index in [4.69, 9.17) is 11.6 Å². The van der Waals surface area contributed by atoms with E-state index in [0.29, 0.717) is 14.9 Å². The van der Waals surface area contributed by atoms with E-state index >= 15 is 0 Å². The highest BCUT2D eigenvalue weighted by molar-refractivity contribution is 7.92. The molecule has 0 spiro atoms. The van der Waals surface area contributed by atoms with Crippen LogP contribution in [0.25, 0.3) is 21.1 Å². The van der Waals surface area contributed by atoms with Gasteiger partial charge in [0.25, 0.3) is 10.0 Å². The summed E-state index contributed by atoms with van der Waals surface area (Å²) in [6.45, 7) is 3.71. The summed E-state index contributed by atoms with van der Waals surface area (Å²) in [5.74, 6) is 0.286. The maximum atomic E-state index is 13.7. The second-order valence-electron chi connectivity index (χ2n) is 7.46.